The van der Waals surface area contributed by atoms with Gasteiger partial charge >= 0.3 is 0 Å². The number of thiophene rings is 1. The van der Waals surface area contributed by atoms with Gasteiger partial charge in [-0.3, -0.25) is 9.48 Å². The fourth-order valence-corrected chi connectivity index (χ4v) is 3.54. The summed E-state index contributed by atoms with van der Waals surface area (Å²) in [6.07, 6.45) is 1.80. The van der Waals surface area contributed by atoms with Crippen LogP contribution in [0.1, 0.15) is 15.4 Å². The van der Waals surface area contributed by atoms with Crippen molar-refractivity contribution >= 4 is 17.2 Å². The molecule has 2 aromatic heterocycles. The van der Waals surface area contributed by atoms with Crippen molar-refractivity contribution in [1.29, 1.82) is 0 Å². The van der Waals surface area contributed by atoms with E-state index in [2.05, 4.69) is 10.00 Å². The molecule has 0 fully saturated rings. The molecule has 0 radical (unpaired) electrons. The Hall–Kier alpha value is -1.70. The first-order valence-corrected chi connectivity index (χ1v) is 9.07. The molecule has 2 aromatic rings. The van der Waals surface area contributed by atoms with Crippen LogP contribution in [0.3, 0.4) is 0 Å². The van der Waals surface area contributed by atoms with Crippen LogP contribution in [-0.2, 0) is 17.8 Å². The number of nitrogens with zero attached hydrogens (tertiary/aromatic N) is 4. The zero-order chi connectivity index (χ0) is 16.9. The summed E-state index contributed by atoms with van der Waals surface area (Å²) < 4.78 is 7.83. The first-order chi connectivity index (χ1) is 11.6. The molecule has 24 heavy (non-hydrogen) atoms. The quantitative estimate of drug-likeness (QED) is 0.747. The minimum absolute atomic E-state index is 0.0953. The number of fused-ring (bicyclic) bond motifs is 1. The molecule has 0 N–H and O–H groups in total. The lowest BCUT2D eigenvalue weighted by atomic mass is 10.1. The molecule has 0 saturated heterocycles. The average Bonchev–Trinajstić information content (AvgIpc) is 3.19. The second-order valence-corrected chi connectivity index (χ2v) is 7.36. The molecule has 6 nitrogen and oxygen atoms in total. The molecular formula is C17H24N4O2S. The number of carbonyl (C=O) groups is 1. The molecule has 0 bridgehead atoms. The molecule has 1 aliphatic heterocycles. The van der Waals surface area contributed by atoms with E-state index < -0.39 is 0 Å². The molecular weight excluding hydrogens is 324 g/mol. The van der Waals surface area contributed by atoms with Crippen LogP contribution in [0.15, 0.2) is 29.8 Å². The van der Waals surface area contributed by atoms with Crippen LogP contribution in [0.4, 0.5) is 0 Å². The summed E-state index contributed by atoms with van der Waals surface area (Å²) in [5.74, 6) is 0.343. The highest BCUT2D eigenvalue weighted by atomic mass is 32.1. The number of carbonyl (C=O) groups excluding carboxylic acids is 1. The number of amides is 1. The maximum Gasteiger partial charge on any atom is 0.264 e. The van der Waals surface area contributed by atoms with Crippen molar-refractivity contribution in [1.82, 2.24) is 19.6 Å². The van der Waals surface area contributed by atoms with Crippen LogP contribution >= 0.6 is 11.3 Å². The lowest BCUT2D eigenvalue weighted by molar-refractivity contribution is 0.0563. The largest absolute Gasteiger partial charge is 0.380 e. The number of hydrogen-bond acceptors (Lipinski definition) is 5. The van der Waals surface area contributed by atoms with Crippen LogP contribution < -0.4 is 0 Å². The van der Waals surface area contributed by atoms with E-state index in [0.717, 1.165) is 23.7 Å². The Balaban J connectivity index is 1.67. The molecule has 1 atom stereocenters. The van der Waals surface area contributed by atoms with E-state index in [-0.39, 0.29) is 11.8 Å². The summed E-state index contributed by atoms with van der Waals surface area (Å²) in [6.45, 7) is 4.33. The number of likely N-dealkylation sites (N-methyl/N-ethyl adjacent to an activating group) is 1. The van der Waals surface area contributed by atoms with Crippen molar-refractivity contribution in [3.63, 3.8) is 0 Å². The summed E-state index contributed by atoms with van der Waals surface area (Å²) in [4.78, 5) is 17.6. The monoisotopic (exact) mass is 348 g/mol. The molecule has 0 aliphatic carbocycles. The van der Waals surface area contributed by atoms with Crippen molar-refractivity contribution in [3.8, 4) is 0 Å². The summed E-state index contributed by atoms with van der Waals surface area (Å²) in [5.41, 5.74) is 1.08. The zero-order valence-electron chi connectivity index (χ0n) is 14.2. The van der Waals surface area contributed by atoms with Gasteiger partial charge in [0.1, 0.15) is 0 Å². The van der Waals surface area contributed by atoms with Gasteiger partial charge in [0.2, 0.25) is 0 Å². The van der Waals surface area contributed by atoms with Gasteiger partial charge in [0.25, 0.3) is 5.91 Å². The molecule has 0 saturated carbocycles. The molecule has 130 valence electrons. The van der Waals surface area contributed by atoms with Crippen molar-refractivity contribution < 1.29 is 9.53 Å². The molecule has 3 heterocycles. The minimum Gasteiger partial charge on any atom is -0.380 e. The fourth-order valence-electron chi connectivity index (χ4n) is 2.85. The molecule has 7 heteroatoms. The highest BCUT2D eigenvalue weighted by Gasteiger charge is 2.26. The Labute approximate surface area is 146 Å². The van der Waals surface area contributed by atoms with Gasteiger partial charge < -0.3 is 14.5 Å². The van der Waals surface area contributed by atoms with Crippen LogP contribution in [0, 0.1) is 5.92 Å². The van der Waals surface area contributed by atoms with Crippen LogP contribution in [-0.4, -0.2) is 65.9 Å². The molecule has 3 rings (SSSR count). The van der Waals surface area contributed by atoms with Gasteiger partial charge in [0.05, 0.1) is 30.3 Å². The maximum absolute atomic E-state index is 12.8. The van der Waals surface area contributed by atoms with Crippen LogP contribution in [0.2, 0.25) is 0 Å². The summed E-state index contributed by atoms with van der Waals surface area (Å²) in [7, 11) is 4.07. The van der Waals surface area contributed by atoms with E-state index in [0.29, 0.717) is 26.3 Å². The van der Waals surface area contributed by atoms with E-state index in [1.807, 2.05) is 47.3 Å². The van der Waals surface area contributed by atoms with Gasteiger partial charge in [-0.1, -0.05) is 6.07 Å². The lowest BCUT2D eigenvalue weighted by Gasteiger charge is -2.24. The Morgan fingerprint density at radius 3 is 3.04 bits per heavy atom. The Bertz CT molecular complexity index is 653. The predicted octanol–water partition coefficient (Wildman–Crippen LogP) is 1.79. The topological polar surface area (TPSA) is 50.6 Å². The molecule has 0 aromatic carbocycles. The van der Waals surface area contributed by atoms with Gasteiger partial charge in [0.15, 0.2) is 0 Å². The smallest absolute Gasteiger partial charge is 0.264 e. The fraction of sp³-hybridized carbons (Fsp3) is 0.529. The van der Waals surface area contributed by atoms with Gasteiger partial charge in [-0.05, 0) is 31.6 Å². The van der Waals surface area contributed by atoms with Gasteiger partial charge in [-0.2, -0.15) is 5.10 Å². The first-order valence-electron chi connectivity index (χ1n) is 8.19. The van der Waals surface area contributed by atoms with Crippen molar-refractivity contribution in [2.45, 2.75) is 13.1 Å². The number of hydrogen-bond donors (Lipinski definition) is 0. The van der Waals surface area contributed by atoms with Gasteiger partial charge in [-0.15, -0.1) is 11.3 Å². The van der Waals surface area contributed by atoms with E-state index in [1.165, 1.54) is 11.3 Å². The van der Waals surface area contributed by atoms with Gasteiger partial charge in [0, 0.05) is 31.7 Å². The van der Waals surface area contributed by atoms with E-state index in [1.54, 1.807) is 6.20 Å². The zero-order valence-corrected chi connectivity index (χ0v) is 15.0. The Morgan fingerprint density at radius 2 is 2.29 bits per heavy atom. The molecule has 0 spiro atoms. The normalized spacial score (nSPS) is 17.8. The maximum atomic E-state index is 12.8. The average molecular weight is 348 g/mol. The van der Waals surface area contributed by atoms with E-state index >= 15 is 0 Å². The predicted molar refractivity (Wildman–Crippen MR) is 94.1 cm³/mol. The minimum atomic E-state index is 0.0953. The first kappa shape index (κ1) is 17.1. The third-order valence-corrected chi connectivity index (χ3v) is 4.98. The standard InChI is InChI=1S/C17H24N4O2S/c1-19(2)7-8-23-13-14-10-20(17(22)16-4-3-9-24-16)12-15-5-6-18-21(15)11-14/h3-6,9,14H,7-8,10-13H2,1-2H3/t14-/m1/s1. The van der Waals surface area contributed by atoms with Crippen LogP contribution in [0.25, 0.3) is 0 Å². The SMILES string of the molecule is CN(C)CCOC[C@@H]1CN(C(=O)c2cccs2)Cc2ccnn2C1. The van der Waals surface area contributed by atoms with Crippen molar-refractivity contribution in [3.05, 3.63) is 40.3 Å². The van der Waals surface area contributed by atoms with Crippen molar-refractivity contribution in [2.75, 3.05) is 40.4 Å². The second-order valence-electron chi connectivity index (χ2n) is 6.41. The Morgan fingerprint density at radius 1 is 1.42 bits per heavy atom. The summed E-state index contributed by atoms with van der Waals surface area (Å²) in [6, 6.07) is 5.80. The molecule has 1 aliphatic rings. The molecule has 1 amide bonds. The summed E-state index contributed by atoms with van der Waals surface area (Å²) >= 11 is 1.49. The third-order valence-electron chi connectivity index (χ3n) is 4.12. The van der Waals surface area contributed by atoms with E-state index in [9.17, 15) is 4.79 Å². The lowest BCUT2D eigenvalue weighted by Crippen LogP contribution is -2.35. The molecule has 0 unspecified atom stereocenters. The van der Waals surface area contributed by atoms with Gasteiger partial charge in [-0.25, -0.2) is 0 Å². The number of ether oxygens (including phenoxy) is 1. The number of rotatable bonds is 6. The van der Waals surface area contributed by atoms with Crippen molar-refractivity contribution in [2.24, 2.45) is 5.92 Å². The second kappa shape index (κ2) is 7.92. The summed E-state index contributed by atoms with van der Waals surface area (Å²) in [5, 5.41) is 6.34. The Kier molecular flexibility index (Phi) is 5.65. The third kappa shape index (κ3) is 4.23. The van der Waals surface area contributed by atoms with Crippen LogP contribution in [0.5, 0.6) is 0 Å². The highest BCUT2D eigenvalue weighted by molar-refractivity contribution is 7.12. The van der Waals surface area contributed by atoms with E-state index in [4.69, 9.17) is 4.74 Å². The highest BCUT2D eigenvalue weighted by Crippen LogP contribution is 2.20. The number of aromatic nitrogens is 2.